The Balaban J connectivity index is 2.50. The highest BCUT2D eigenvalue weighted by molar-refractivity contribution is 5.82. The minimum atomic E-state index is -2.48. The van der Waals surface area contributed by atoms with E-state index in [1.165, 1.54) is 0 Å². The van der Waals surface area contributed by atoms with Crippen LogP contribution in [0.2, 0.25) is 0 Å². The van der Waals surface area contributed by atoms with Crippen molar-refractivity contribution in [1.29, 1.82) is 0 Å². The molecule has 1 atom stereocenters. The van der Waals surface area contributed by atoms with Gasteiger partial charge in [-0.3, -0.25) is 4.79 Å². The largest absolute Gasteiger partial charge is 0.350 e. The minimum Gasteiger partial charge on any atom is -0.350 e. The van der Waals surface area contributed by atoms with Crippen molar-refractivity contribution < 1.29 is 13.6 Å². The van der Waals surface area contributed by atoms with E-state index < -0.39 is 18.4 Å². The number of nitrogens with one attached hydrogen (secondary N) is 2. The molecular formula is C11H20F2N2O. The number of rotatable bonds is 4. The summed E-state index contributed by atoms with van der Waals surface area (Å²) >= 11 is 0. The summed E-state index contributed by atoms with van der Waals surface area (Å²) in [4.78, 5) is 11.8. The van der Waals surface area contributed by atoms with Gasteiger partial charge in [0.05, 0.1) is 6.54 Å². The van der Waals surface area contributed by atoms with E-state index in [2.05, 4.69) is 10.6 Å². The summed E-state index contributed by atoms with van der Waals surface area (Å²) < 4.78 is 24.0. The number of hydrogen-bond donors (Lipinski definition) is 2. The average molecular weight is 234 g/mol. The molecular weight excluding hydrogens is 214 g/mol. The van der Waals surface area contributed by atoms with Gasteiger partial charge in [-0.15, -0.1) is 0 Å². The van der Waals surface area contributed by atoms with Gasteiger partial charge in [-0.2, -0.15) is 0 Å². The van der Waals surface area contributed by atoms with Gasteiger partial charge in [-0.1, -0.05) is 13.8 Å². The fraction of sp³-hybridized carbons (Fsp3) is 0.909. The van der Waals surface area contributed by atoms with Crippen molar-refractivity contribution in [2.24, 2.45) is 11.3 Å². The van der Waals surface area contributed by atoms with Crippen molar-refractivity contribution in [3.05, 3.63) is 0 Å². The molecule has 1 aliphatic heterocycles. The first-order valence-electron chi connectivity index (χ1n) is 5.71. The van der Waals surface area contributed by atoms with Crippen molar-refractivity contribution >= 4 is 5.91 Å². The van der Waals surface area contributed by atoms with E-state index >= 15 is 0 Å². The van der Waals surface area contributed by atoms with Crippen LogP contribution < -0.4 is 10.6 Å². The second-order valence-electron chi connectivity index (χ2n) is 4.87. The van der Waals surface area contributed by atoms with Crippen molar-refractivity contribution in [2.75, 3.05) is 19.6 Å². The van der Waals surface area contributed by atoms with Crippen LogP contribution in [-0.2, 0) is 4.79 Å². The zero-order valence-electron chi connectivity index (χ0n) is 9.85. The van der Waals surface area contributed by atoms with E-state index in [1.807, 2.05) is 13.8 Å². The molecule has 1 rings (SSSR count). The summed E-state index contributed by atoms with van der Waals surface area (Å²) in [5, 5.41) is 5.54. The number of hydrogen-bond acceptors (Lipinski definition) is 2. The maximum Gasteiger partial charge on any atom is 0.255 e. The summed E-state index contributed by atoms with van der Waals surface area (Å²) in [6.45, 7) is 4.86. The van der Waals surface area contributed by atoms with Crippen LogP contribution in [-0.4, -0.2) is 32.0 Å². The third kappa shape index (κ3) is 3.40. The number of carbonyl (C=O) groups excluding carboxylic acids is 1. The lowest BCUT2D eigenvalue weighted by molar-refractivity contribution is -0.133. The van der Waals surface area contributed by atoms with Crippen molar-refractivity contribution in [3.8, 4) is 0 Å². The van der Waals surface area contributed by atoms with E-state index in [9.17, 15) is 13.6 Å². The van der Waals surface area contributed by atoms with Crippen molar-refractivity contribution in [2.45, 2.75) is 33.1 Å². The quantitative estimate of drug-likeness (QED) is 0.772. The number of amides is 1. The second kappa shape index (κ2) is 5.57. The van der Waals surface area contributed by atoms with E-state index in [0.717, 1.165) is 25.9 Å². The summed E-state index contributed by atoms with van der Waals surface area (Å²) in [5.74, 6) is -0.0552. The fourth-order valence-electron chi connectivity index (χ4n) is 2.05. The monoisotopic (exact) mass is 234 g/mol. The van der Waals surface area contributed by atoms with Crippen LogP contribution in [0.5, 0.6) is 0 Å². The molecule has 0 aliphatic carbocycles. The van der Waals surface area contributed by atoms with Crippen LogP contribution in [0.25, 0.3) is 0 Å². The normalized spacial score (nSPS) is 22.2. The lowest BCUT2D eigenvalue weighted by Gasteiger charge is -2.36. The molecule has 1 unspecified atom stereocenters. The molecule has 0 saturated carbocycles. The second-order valence-corrected chi connectivity index (χ2v) is 4.87. The topological polar surface area (TPSA) is 41.1 Å². The van der Waals surface area contributed by atoms with Gasteiger partial charge >= 0.3 is 0 Å². The lowest BCUT2D eigenvalue weighted by atomic mass is 9.74. The molecule has 0 bridgehead atoms. The van der Waals surface area contributed by atoms with E-state index in [4.69, 9.17) is 0 Å². The molecule has 3 nitrogen and oxygen atoms in total. The van der Waals surface area contributed by atoms with Crippen molar-refractivity contribution in [3.63, 3.8) is 0 Å². The molecule has 2 N–H and O–H groups in total. The van der Waals surface area contributed by atoms with Crippen LogP contribution in [0.3, 0.4) is 0 Å². The molecule has 16 heavy (non-hydrogen) atoms. The summed E-state index contributed by atoms with van der Waals surface area (Å²) in [6.07, 6.45) is -0.470. The van der Waals surface area contributed by atoms with Crippen LogP contribution in [0.1, 0.15) is 26.7 Å². The third-order valence-corrected chi connectivity index (χ3v) is 3.32. The van der Waals surface area contributed by atoms with Crippen LogP contribution in [0.4, 0.5) is 8.78 Å². The van der Waals surface area contributed by atoms with Gasteiger partial charge in [0.1, 0.15) is 0 Å². The van der Waals surface area contributed by atoms with Crippen LogP contribution >= 0.6 is 0 Å². The Morgan fingerprint density at radius 1 is 1.56 bits per heavy atom. The predicted octanol–water partition coefficient (Wildman–Crippen LogP) is 1.39. The Labute approximate surface area is 95.0 Å². The highest BCUT2D eigenvalue weighted by Crippen LogP contribution is 2.31. The minimum absolute atomic E-state index is 0.221. The highest BCUT2D eigenvalue weighted by atomic mass is 19.3. The molecule has 94 valence electrons. The molecule has 0 aromatic rings. The van der Waals surface area contributed by atoms with Gasteiger partial charge in [-0.25, -0.2) is 8.78 Å². The summed E-state index contributed by atoms with van der Waals surface area (Å²) in [7, 11) is 0. The van der Waals surface area contributed by atoms with Gasteiger partial charge in [0.25, 0.3) is 6.43 Å². The molecule has 0 spiro atoms. The zero-order valence-corrected chi connectivity index (χ0v) is 9.85. The third-order valence-electron chi connectivity index (χ3n) is 3.32. The van der Waals surface area contributed by atoms with E-state index in [0.29, 0.717) is 0 Å². The van der Waals surface area contributed by atoms with Gasteiger partial charge < -0.3 is 10.6 Å². The van der Waals surface area contributed by atoms with Gasteiger partial charge in [0.15, 0.2) is 0 Å². The molecule has 1 amide bonds. The Kier molecular flexibility index (Phi) is 4.65. The smallest absolute Gasteiger partial charge is 0.255 e. The number of alkyl halides is 2. The Morgan fingerprint density at radius 2 is 2.25 bits per heavy atom. The van der Waals surface area contributed by atoms with Gasteiger partial charge in [0, 0.05) is 5.41 Å². The Bertz CT molecular complexity index is 238. The molecule has 1 saturated heterocycles. The molecule has 1 aliphatic rings. The molecule has 1 fully saturated rings. The molecule has 5 heteroatoms. The molecule has 1 heterocycles. The Morgan fingerprint density at radius 3 is 2.75 bits per heavy atom. The van der Waals surface area contributed by atoms with Crippen molar-refractivity contribution in [1.82, 2.24) is 10.6 Å². The summed E-state index contributed by atoms with van der Waals surface area (Å²) in [6, 6.07) is 0. The lowest BCUT2D eigenvalue weighted by Crippen LogP contribution is -2.48. The van der Waals surface area contributed by atoms with E-state index in [1.54, 1.807) is 0 Å². The van der Waals surface area contributed by atoms with Crippen LogP contribution in [0.15, 0.2) is 0 Å². The highest BCUT2D eigenvalue weighted by Gasteiger charge is 2.37. The zero-order chi connectivity index (χ0) is 12.2. The number of piperidine rings is 1. The maximum absolute atomic E-state index is 12.0. The van der Waals surface area contributed by atoms with Crippen LogP contribution in [0, 0.1) is 11.3 Å². The first-order chi connectivity index (χ1) is 7.44. The average Bonchev–Trinajstić information content (AvgIpc) is 2.27. The van der Waals surface area contributed by atoms with Gasteiger partial charge in [0.2, 0.25) is 5.91 Å². The standard InChI is InChI=1S/C11H20F2N2O/c1-11(2,8-4-3-5-14-6-8)10(16)15-7-9(12)13/h8-9,14H,3-7H2,1-2H3,(H,15,16). The summed E-state index contributed by atoms with van der Waals surface area (Å²) in [5.41, 5.74) is -0.581. The fourth-order valence-corrected chi connectivity index (χ4v) is 2.05. The first-order valence-corrected chi connectivity index (χ1v) is 5.71. The molecule has 0 aromatic heterocycles. The van der Waals surface area contributed by atoms with E-state index in [-0.39, 0.29) is 11.8 Å². The Hall–Kier alpha value is -0.710. The van der Waals surface area contributed by atoms with Gasteiger partial charge in [-0.05, 0) is 31.8 Å². The molecule has 0 aromatic carbocycles. The SMILES string of the molecule is CC(C)(C(=O)NCC(F)F)C1CCCNC1. The first kappa shape index (κ1) is 13.4. The number of halogens is 2. The molecule has 0 radical (unpaired) electrons. The predicted molar refractivity (Wildman–Crippen MR) is 58.4 cm³/mol. The number of carbonyl (C=O) groups is 1. The maximum atomic E-state index is 12.0.